The number of amides is 1. The highest BCUT2D eigenvalue weighted by molar-refractivity contribution is 5.96. The van der Waals surface area contributed by atoms with Crippen LogP contribution in [0.15, 0.2) is 30.3 Å². The van der Waals surface area contributed by atoms with Crippen molar-refractivity contribution in [3.05, 3.63) is 52.8 Å². The molecule has 0 radical (unpaired) electrons. The molecule has 1 fully saturated rings. The van der Waals surface area contributed by atoms with Crippen LogP contribution in [-0.4, -0.2) is 16.5 Å². The van der Waals surface area contributed by atoms with E-state index in [0.717, 1.165) is 35.5 Å². The smallest absolute Gasteiger partial charge is 0.253 e. The van der Waals surface area contributed by atoms with Gasteiger partial charge in [-0.3, -0.25) is 4.79 Å². The predicted molar refractivity (Wildman–Crippen MR) is 89.8 cm³/mol. The largest absolute Gasteiger partial charge is 0.349 e. The Morgan fingerprint density at radius 1 is 1.18 bits per heavy atom. The quantitative estimate of drug-likeness (QED) is 0.905. The standard InChI is InChI=1S/C19H24N2O/c1-12(2)15-5-9-17(10-6-15)21-13(3)11-18(14(21)4)19(22)20-16-7-8-16/h5-6,9-12,16H,7-8H2,1-4H3,(H,20,22). The Labute approximate surface area is 132 Å². The molecule has 1 aromatic carbocycles. The maximum absolute atomic E-state index is 12.3. The second kappa shape index (κ2) is 5.64. The lowest BCUT2D eigenvalue weighted by molar-refractivity contribution is 0.0950. The van der Waals surface area contributed by atoms with Crippen LogP contribution in [0.25, 0.3) is 5.69 Å². The molecule has 1 amide bonds. The lowest BCUT2D eigenvalue weighted by atomic mass is 10.0. The number of aromatic nitrogens is 1. The first-order valence-corrected chi connectivity index (χ1v) is 8.07. The van der Waals surface area contributed by atoms with Gasteiger partial charge in [-0.25, -0.2) is 0 Å². The van der Waals surface area contributed by atoms with Gasteiger partial charge in [0.05, 0.1) is 5.56 Å². The monoisotopic (exact) mass is 296 g/mol. The van der Waals surface area contributed by atoms with Crippen LogP contribution in [0.2, 0.25) is 0 Å². The molecule has 1 aliphatic carbocycles. The fraction of sp³-hybridized carbons (Fsp3) is 0.421. The van der Waals surface area contributed by atoms with Crippen molar-refractivity contribution in [2.45, 2.75) is 52.5 Å². The minimum absolute atomic E-state index is 0.0562. The Kier molecular flexibility index (Phi) is 3.81. The third kappa shape index (κ3) is 2.80. The zero-order chi connectivity index (χ0) is 15.9. The van der Waals surface area contributed by atoms with Gasteiger partial charge < -0.3 is 9.88 Å². The summed E-state index contributed by atoms with van der Waals surface area (Å²) in [5.41, 5.74) is 5.34. The number of rotatable bonds is 4. The van der Waals surface area contributed by atoms with Crippen molar-refractivity contribution >= 4 is 5.91 Å². The topological polar surface area (TPSA) is 34.0 Å². The van der Waals surface area contributed by atoms with Gasteiger partial charge >= 0.3 is 0 Å². The zero-order valence-corrected chi connectivity index (χ0v) is 13.8. The minimum Gasteiger partial charge on any atom is -0.349 e. The highest BCUT2D eigenvalue weighted by Gasteiger charge is 2.25. The molecule has 0 spiro atoms. The van der Waals surface area contributed by atoms with E-state index in [4.69, 9.17) is 0 Å². The summed E-state index contributed by atoms with van der Waals surface area (Å²) in [7, 11) is 0. The number of hydrogen-bond donors (Lipinski definition) is 1. The van der Waals surface area contributed by atoms with Crippen molar-refractivity contribution in [1.82, 2.24) is 9.88 Å². The van der Waals surface area contributed by atoms with E-state index in [0.29, 0.717) is 12.0 Å². The Hall–Kier alpha value is -2.03. The summed E-state index contributed by atoms with van der Waals surface area (Å²) in [5.74, 6) is 0.585. The number of benzene rings is 1. The van der Waals surface area contributed by atoms with Gasteiger partial charge in [0.1, 0.15) is 0 Å². The van der Waals surface area contributed by atoms with Gasteiger partial charge in [-0.15, -0.1) is 0 Å². The average Bonchev–Trinajstić information content (AvgIpc) is 3.23. The van der Waals surface area contributed by atoms with Crippen LogP contribution in [0, 0.1) is 13.8 Å². The lowest BCUT2D eigenvalue weighted by Gasteiger charge is -2.12. The molecule has 116 valence electrons. The number of nitrogens with one attached hydrogen (secondary N) is 1. The Morgan fingerprint density at radius 2 is 1.82 bits per heavy atom. The second-order valence-electron chi connectivity index (χ2n) is 6.61. The first kappa shape index (κ1) is 14.9. The van der Waals surface area contributed by atoms with E-state index in [2.05, 4.69) is 54.9 Å². The molecule has 3 rings (SSSR count). The molecule has 0 atom stereocenters. The average molecular weight is 296 g/mol. The maximum Gasteiger partial charge on any atom is 0.253 e. The first-order chi connectivity index (χ1) is 10.5. The molecule has 3 heteroatoms. The third-order valence-electron chi connectivity index (χ3n) is 4.41. The van der Waals surface area contributed by atoms with Crippen molar-refractivity contribution in [2.75, 3.05) is 0 Å². The molecular weight excluding hydrogens is 272 g/mol. The summed E-state index contributed by atoms with van der Waals surface area (Å²) in [5, 5.41) is 3.07. The Balaban J connectivity index is 1.93. The van der Waals surface area contributed by atoms with Gasteiger partial charge in [0.15, 0.2) is 0 Å². The SMILES string of the molecule is Cc1cc(C(=O)NC2CC2)c(C)n1-c1ccc(C(C)C)cc1. The Bertz CT molecular complexity index is 691. The van der Waals surface area contributed by atoms with Crippen molar-refractivity contribution in [3.8, 4) is 5.69 Å². The normalized spacial score (nSPS) is 14.4. The van der Waals surface area contributed by atoms with Crippen LogP contribution in [0.1, 0.15) is 59.9 Å². The van der Waals surface area contributed by atoms with Gasteiger partial charge in [-0.1, -0.05) is 26.0 Å². The molecule has 1 aromatic heterocycles. The van der Waals surface area contributed by atoms with Crippen molar-refractivity contribution in [2.24, 2.45) is 0 Å². The van der Waals surface area contributed by atoms with Crippen LogP contribution in [0.4, 0.5) is 0 Å². The molecule has 22 heavy (non-hydrogen) atoms. The lowest BCUT2D eigenvalue weighted by Crippen LogP contribution is -2.25. The van der Waals surface area contributed by atoms with E-state index in [1.807, 2.05) is 13.0 Å². The van der Waals surface area contributed by atoms with E-state index >= 15 is 0 Å². The molecule has 0 saturated heterocycles. The number of nitrogens with zero attached hydrogens (tertiary/aromatic N) is 1. The highest BCUT2D eigenvalue weighted by Crippen LogP contribution is 2.24. The van der Waals surface area contributed by atoms with E-state index in [1.54, 1.807) is 0 Å². The Morgan fingerprint density at radius 3 is 2.36 bits per heavy atom. The number of hydrogen-bond acceptors (Lipinski definition) is 1. The van der Waals surface area contributed by atoms with Gasteiger partial charge in [-0.2, -0.15) is 0 Å². The fourth-order valence-electron chi connectivity index (χ4n) is 2.89. The molecule has 3 nitrogen and oxygen atoms in total. The first-order valence-electron chi connectivity index (χ1n) is 8.07. The van der Waals surface area contributed by atoms with E-state index in [9.17, 15) is 4.79 Å². The molecule has 0 aliphatic heterocycles. The van der Waals surface area contributed by atoms with E-state index < -0.39 is 0 Å². The molecule has 1 N–H and O–H groups in total. The summed E-state index contributed by atoms with van der Waals surface area (Å²) >= 11 is 0. The van der Waals surface area contributed by atoms with Gasteiger partial charge in [0.2, 0.25) is 0 Å². The van der Waals surface area contributed by atoms with Crippen LogP contribution < -0.4 is 5.32 Å². The molecule has 0 unspecified atom stereocenters. The van der Waals surface area contributed by atoms with E-state index in [-0.39, 0.29) is 5.91 Å². The van der Waals surface area contributed by atoms with Gasteiger partial charge in [0, 0.05) is 23.1 Å². The minimum atomic E-state index is 0.0562. The number of carbonyl (C=O) groups is 1. The van der Waals surface area contributed by atoms with Crippen molar-refractivity contribution in [3.63, 3.8) is 0 Å². The summed E-state index contributed by atoms with van der Waals surface area (Å²) < 4.78 is 2.16. The molecular formula is C19H24N2O. The number of aryl methyl sites for hydroxylation is 1. The maximum atomic E-state index is 12.3. The second-order valence-corrected chi connectivity index (χ2v) is 6.61. The summed E-state index contributed by atoms with van der Waals surface area (Å²) in [6, 6.07) is 11.0. The molecule has 0 bridgehead atoms. The molecule has 1 aliphatic rings. The zero-order valence-electron chi connectivity index (χ0n) is 13.8. The highest BCUT2D eigenvalue weighted by atomic mass is 16.1. The van der Waals surface area contributed by atoms with Crippen LogP contribution in [0.5, 0.6) is 0 Å². The third-order valence-corrected chi connectivity index (χ3v) is 4.41. The molecule has 1 saturated carbocycles. The molecule has 1 heterocycles. The van der Waals surface area contributed by atoms with E-state index in [1.165, 1.54) is 5.56 Å². The van der Waals surface area contributed by atoms with Gasteiger partial charge in [-0.05, 0) is 56.4 Å². The van der Waals surface area contributed by atoms with Crippen LogP contribution in [0.3, 0.4) is 0 Å². The van der Waals surface area contributed by atoms with Crippen molar-refractivity contribution in [1.29, 1.82) is 0 Å². The van der Waals surface area contributed by atoms with Crippen LogP contribution >= 0.6 is 0 Å². The predicted octanol–water partition coefficient (Wildman–Crippen LogP) is 4.11. The number of carbonyl (C=O) groups excluding carboxylic acids is 1. The summed E-state index contributed by atoms with van der Waals surface area (Å²) in [6.07, 6.45) is 2.22. The summed E-state index contributed by atoms with van der Waals surface area (Å²) in [4.78, 5) is 12.3. The van der Waals surface area contributed by atoms with Crippen molar-refractivity contribution < 1.29 is 4.79 Å². The van der Waals surface area contributed by atoms with Gasteiger partial charge in [0.25, 0.3) is 5.91 Å². The fourth-order valence-corrected chi connectivity index (χ4v) is 2.89. The van der Waals surface area contributed by atoms with Crippen LogP contribution in [-0.2, 0) is 0 Å². The molecule has 2 aromatic rings. The summed E-state index contributed by atoms with van der Waals surface area (Å²) in [6.45, 7) is 8.46.